The molecule has 136 valence electrons. The lowest BCUT2D eigenvalue weighted by molar-refractivity contribution is -0.138. The first-order valence-corrected chi connectivity index (χ1v) is 9.67. The molecular weight excluding hydrogens is 381 g/mol. The lowest BCUT2D eigenvalue weighted by atomic mass is 10.1. The summed E-state index contributed by atoms with van der Waals surface area (Å²) in [7, 11) is -8.44. The molecule has 0 aliphatic carbocycles. The highest BCUT2D eigenvalue weighted by Gasteiger charge is 2.32. The Morgan fingerprint density at radius 2 is 1.56 bits per heavy atom. The predicted octanol–water partition coefficient (Wildman–Crippen LogP) is 2.46. The molecule has 2 rings (SSSR count). The van der Waals surface area contributed by atoms with E-state index in [0.29, 0.717) is 6.07 Å². The van der Waals surface area contributed by atoms with Gasteiger partial charge in [0.2, 0.25) is 10.0 Å². The fourth-order valence-corrected chi connectivity index (χ4v) is 3.75. The van der Waals surface area contributed by atoms with Crippen molar-refractivity contribution in [3.05, 3.63) is 53.6 Å². The lowest BCUT2D eigenvalue weighted by Crippen LogP contribution is -2.16. The van der Waals surface area contributed by atoms with Crippen LogP contribution >= 0.6 is 0 Å². The van der Waals surface area contributed by atoms with E-state index in [-0.39, 0.29) is 11.3 Å². The summed E-state index contributed by atoms with van der Waals surface area (Å²) in [5, 5.41) is 4.94. The number of halogens is 3. The molecule has 0 saturated heterocycles. The Kier molecular flexibility index (Phi) is 4.86. The van der Waals surface area contributed by atoms with E-state index < -0.39 is 41.6 Å². The van der Waals surface area contributed by atoms with Crippen molar-refractivity contribution in [2.24, 2.45) is 5.14 Å². The number of aryl methyl sites for hydroxylation is 1. The number of sulfonamides is 2. The summed E-state index contributed by atoms with van der Waals surface area (Å²) in [6.07, 6.45) is -4.64. The van der Waals surface area contributed by atoms with Gasteiger partial charge in [-0.05, 0) is 42.8 Å². The van der Waals surface area contributed by atoms with Gasteiger partial charge in [0.05, 0.1) is 15.4 Å². The van der Waals surface area contributed by atoms with Gasteiger partial charge in [-0.3, -0.25) is 4.72 Å². The van der Waals surface area contributed by atoms with E-state index in [0.717, 1.165) is 30.3 Å². The summed E-state index contributed by atoms with van der Waals surface area (Å²) in [6, 6.07) is 7.13. The number of nitrogens with one attached hydrogen (secondary N) is 1. The molecule has 6 nitrogen and oxygen atoms in total. The van der Waals surface area contributed by atoms with Gasteiger partial charge in [-0.2, -0.15) is 13.2 Å². The molecule has 0 aliphatic heterocycles. The molecule has 2 aromatic rings. The van der Waals surface area contributed by atoms with Crippen molar-refractivity contribution in [3.8, 4) is 0 Å². The van der Waals surface area contributed by atoms with Crippen molar-refractivity contribution in [1.82, 2.24) is 0 Å². The minimum Gasteiger partial charge on any atom is -0.280 e. The first-order chi connectivity index (χ1) is 11.3. The van der Waals surface area contributed by atoms with Gasteiger partial charge in [-0.25, -0.2) is 22.0 Å². The number of benzene rings is 2. The number of hydrogen-bond acceptors (Lipinski definition) is 4. The Labute approximate surface area is 142 Å². The summed E-state index contributed by atoms with van der Waals surface area (Å²) in [5.41, 5.74) is -1.35. The van der Waals surface area contributed by atoms with Crippen LogP contribution in [0.4, 0.5) is 18.9 Å². The summed E-state index contributed by atoms with van der Waals surface area (Å²) < 4.78 is 87.9. The molecular formula is C14H13F3N2O4S2. The highest BCUT2D eigenvalue weighted by atomic mass is 32.2. The van der Waals surface area contributed by atoms with Crippen LogP contribution in [0.1, 0.15) is 11.1 Å². The lowest BCUT2D eigenvalue weighted by Gasteiger charge is -2.14. The van der Waals surface area contributed by atoms with Gasteiger partial charge in [-0.15, -0.1) is 0 Å². The maximum atomic E-state index is 12.9. The zero-order chi connectivity index (χ0) is 19.0. The molecule has 25 heavy (non-hydrogen) atoms. The number of alkyl halides is 3. The number of primary sulfonamides is 1. The highest BCUT2D eigenvalue weighted by Crippen LogP contribution is 2.34. The van der Waals surface area contributed by atoms with Crippen LogP contribution < -0.4 is 9.86 Å². The number of anilines is 1. The molecule has 0 heterocycles. The average molecular weight is 394 g/mol. The second-order valence-electron chi connectivity index (χ2n) is 5.15. The molecule has 0 fully saturated rings. The highest BCUT2D eigenvalue weighted by molar-refractivity contribution is 7.93. The Hall–Kier alpha value is -2.11. The van der Waals surface area contributed by atoms with Gasteiger partial charge >= 0.3 is 6.18 Å². The SMILES string of the molecule is Cc1ccc(NS(=O)(=O)c2cccc(S(N)(=O)=O)c2)cc1C(F)(F)F. The molecule has 0 atom stereocenters. The zero-order valence-corrected chi connectivity index (χ0v) is 14.3. The smallest absolute Gasteiger partial charge is 0.280 e. The Morgan fingerprint density at radius 3 is 2.12 bits per heavy atom. The molecule has 2 aromatic carbocycles. The number of hydrogen-bond donors (Lipinski definition) is 2. The van der Waals surface area contributed by atoms with Crippen molar-refractivity contribution < 1.29 is 30.0 Å². The maximum absolute atomic E-state index is 12.9. The van der Waals surface area contributed by atoms with E-state index in [2.05, 4.69) is 0 Å². The van der Waals surface area contributed by atoms with Crippen LogP contribution in [-0.4, -0.2) is 16.8 Å². The first-order valence-electron chi connectivity index (χ1n) is 6.64. The van der Waals surface area contributed by atoms with Crippen molar-refractivity contribution in [3.63, 3.8) is 0 Å². The van der Waals surface area contributed by atoms with E-state index in [4.69, 9.17) is 5.14 Å². The Bertz CT molecular complexity index is 1020. The van der Waals surface area contributed by atoms with E-state index in [1.54, 1.807) is 0 Å². The van der Waals surface area contributed by atoms with E-state index >= 15 is 0 Å². The van der Waals surface area contributed by atoms with E-state index in [1.165, 1.54) is 13.0 Å². The Morgan fingerprint density at radius 1 is 0.960 bits per heavy atom. The zero-order valence-electron chi connectivity index (χ0n) is 12.7. The second kappa shape index (κ2) is 6.32. The quantitative estimate of drug-likeness (QED) is 0.831. The summed E-state index contributed by atoms with van der Waals surface area (Å²) in [4.78, 5) is -0.886. The molecule has 0 radical (unpaired) electrons. The molecule has 0 amide bonds. The molecule has 3 N–H and O–H groups in total. The molecule has 0 aromatic heterocycles. The molecule has 11 heteroatoms. The van der Waals surface area contributed by atoms with Crippen LogP contribution in [0, 0.1) is 6.92 Å². The fraction of sp³-hybridized carbons (Fsp3) is 0.143. The molecule has 0 unspecified atom stereocenters. The van der Waals surface area contributed by atoms with Crippen LogP contribution in [0.5, 0.6) is 0 Å². The van der Waals surface area contributed by atoms with E-state index in [1.807, 2.05) is 4.72 Å². The minimum absolute atomic E-state index is 0.0633. The minimum atomic E-state index is -4.64. The first kappa shape index (κ1) is 19.2. The average Bonchev–Trinajstić information content (AvgIpc) is 2.47. The van der Waals surface area contributed by atoms with Crippen LogP contribution in [0.2, 0.25) is 0 Å². The third-order valence-electron chi connectivity index (χ3n) is 3.24. The summed E-state index contributed by atoms with van der Waals surface area (Å²) >= 11 is 0. The maximum Gasteiger partial charge on any atom is 0.416 e. The van der Waals surface area contributed by atoms with Crippen LogP contribution in [0.15, 0.2) is 52.3 Å². The van der Waals surface area contributed by atoms with Crippen molar-refractivity contribution in [2.75, 3.05) is 4.72 Å². The standard InChI is InChI=1S/C14H13F3N2O4S2/c1-9-5-6-10(7-13(9)14(15,16)17)19-25(22,23)12-4-2-3-11(8-12)24(18,20)21/h2-8,19H,1H3,(H2,18,20,21). The van der Waals surface area contributed by atoms with E-state index in [9.17, 15) is 30.0 Å². The van der Waals surface area contributed by atoms with Crippen molar-refractivity contribution in [1.29, 1.82) is 0 Å². The molecule has 0 spiro atoms. The van der Waals surface area contributed by atoms with Gasteiger partial charge in [0.25, 0.3) is 10.0 Å². The molecule has 0 aliphatic rings. The predicted molar refractivity (Wildman–Crippen MR) is 84.8 cm³/mol. The van der Waals surface area contributed by atoms with Gasteiger partial charge in [-0.1, -0.05) is 12.1 Å². The van der Waals surface area contributed by atoms with Crippen LogP contribution in [-0.2, 0) is 26.2 Å². The third kappa shape index (κ3) is 4.50. The normalized spacial score (nSPS) is 12.8. The fourth-order valence-electron chi connectivity index (χ4n) is 2.02. The number of nitrogens with two attached hydrogens (primary N) is 1. The van der Waals surface area contributed by atoms with Crippen molar-refractivity contribution in [2.45, 2.75) is 22.9 Å². The topological polar surface area (TPSA) is 106 Å². The molecule has 0 saturated carbocycles. The summed E-state index contributed by atoms with van der Waals surface area (Å²) in [5.74, 6) is 0. The van der Waals surface area contributed by atoms with Crippen LogP contribution in [0.3, 0.4) is 0 Å². The largest absolute Gasteiger partial charge is 0.416 e. The third-order valence-corrected chi connectivity index (χ3v) is 5.53. The second-order valence-corrected chi connectivity index (χ2v) is 8.40. The van der Waals surface area contributed by atoms with Crippen LogP contribution in [0.25, 0.3) is 0 Å². The Balaban J connectivity index is 2.44. The van der Waals surface area contributed by atoms with Gasteiger partial charge in [0.15, 0.2) is 0 Å². The van der Waals surface area contributed by atoms with Crippen molar-refractivity contribution >= 4 is 25.7 Å². The molecule has 0 bridgehead atoms. The van der Waals surface area contributed by atoms with Gasteiger partial charge < -0.3 is 0 Å². The van der Waals surface area contributed by atoms with Gasteiger partial charge in [0, 0.05) is 5.69 Å². The van der Waals surface area contributed by atoms with Gasteiger partial charge in [0.1, 0.15) is 0 Å². The summed E-state index contributed by atoms with van der Waals surface area (Å²) in [6.45, 7) is 1.25. The monoisotopic (exact) mass is 394 g/mol. The number of rotatable bonds is 4.